The van der Waals surface area contributed by atoms with Crippen molar-refractivity contribution in [1.82, 2.24) is 19.4 Å². The van der Waals surface area contributed by atoms with Gasteiger partial charge in [0.15, 0.2) is 10.8 Å². The lowest BCUT2D eigenvalue weighted by atomic mass is 9.98. The number of hydrogen-bond donors (Lipinski definition) is 2. The average molecular weight is 618 g/mol. The molecule has 0 spiro atoms. The van der Waals surface area contributed by atoms with Gasteiger partial charge in [-0.15, -0.1) is 0 Å². The summed E-state index contributed by atoms with van der Waals surface area (Å²) in [5.74, 6) is -0.314. The van der Waals surface area contributed by atoms with E-state index in [-0.39, 0.29) is 40.5 Å². The number of nitrogens with zero attached hydrogens (tertiary/aromatic N) is 4. The Hall–Kier alpha value is -4.19. The van der Waals surface area contributed by atoms with Crippen molar-refractivity contribution in [1.29, 1.82) is 0 Å². The van der Waals surface area contributed by atoms with E-state index in [0.29, 0.717) is 19.6 Å². The minimum atomic E-state index is -4.05. The normalized spacial score (nSPS) is 17.9. The lowest BCUT2D eigenvalue weighted by Crippen LogP contribution is -2.49. The summed E-state index contributed by atoms with van der Waals surface area (Å²) in [4.78, 5) is 21.5. The minimum Gasteiger partial charge on any atom is -0.486 e. The van der Waals surface area contributed by atoms with Gasteiger partial charge in [-0.1, -0.05) is 67.6 Å². The number of fused-ring (bicyclic) bond motifs is 1. The molecule has 0 unspecified atom stereocenters. The number of rotatable bonds is 10. The summed E-state index contributed by atoms with van der Waals surface area (Å²) in [7, 11) is -0.362. The second kappa shape index (κ2) is 13.2. The van der Waals surface area contributed by atoms with Crippen LogP contribution in [-0.2, 0) is 23.6 Å². The number of amides is 1. The van der Waals surface area contributed by atoms with E-state index in [9.17, 15) is 18.3 Å². The Kier molecular flexibility index (Phi) is 9.38. The van der Waals surface area contributed by atoms with E-state index in [1.165, 1.54) is 12.5 Å². The highest BCUT2D eigenvalue weighted by Gasteiger charge is 2.35. The van der Waals surface area contributed by atoms with Crippen molar-refractivity contribution in [3.63, 3.8) is 0 Å². The molecule has 1 aromatic heterocycles. The van der Waals surface area contributed by atoms with Crippen LogP contribution in [0.15, 0.2) is 90.3 Å². The number of benzene rings is 3. The number of nitrogens with one attached hydrogen (secondary N) is 1. The first kappa shape index (κ1) is 31.2. The maximum absolute atomic E-state index is 13.8. The zero-order valence-electron chi connectivity index (χ0n) is 25.4. The molecule has 0 aliphatic carbocycles. The van der Waals surface area contributed by atoms with Crippen LogP contribution < -0.4 is 9.46 Å². The van der Waals surface area contributed by atoms with Crippen LogP contribution in [0, 0.1) is 5.92 Å². The monoisotopic (exact) mass is 617 g/mol. The third-order valence-electron chi connectivity index (χ3n) is 7.90. The molecule has 3 atom stereocenters. The number of likely N-dealkylation sites (N-methyl/N-ethyl adjacent to an activating group) is 1. The Morgan fingerprint density at radius 3 is 2.43 bits per heavy atom. The molecule has 0 bridgehead atoms. The number of aliphatic hydroxyl groups excluding tert-OH is 1. The third kappa shape index (κ3) is 6.96. The molecule has 4 aromatic rings. The molecule has 44 heavy (non-hydrogen) atoms. The van der Waals surface area contributed by atoms with Gasteiger partial charge in [-0.05, 0) is 42.8 Å². The number of aliphatic hydroxyl groups is 1. The molecule has 1 aliphatic heterocycles. The van der Waals surface area contributed by atoms with Gasteiger partial charge in [0, 0.05) is 38.8 Å². The highest BCUT2D eigenvalue weighted by molar-refractivity contribution is 7.92. The predicted octanol–water partition coefficient (Wildman–Crippen LogP) is 4.24. The first-order valence-electron chi connectivity index (χ1n) is 14.6. The van der Waals surface area contributed by atoms with Gasteiger partial charge < -0.3 is 19.3 Å². The van der Waals surface area contributed by atoms with E-state index in [4.69, 9.17) is 4.74 Å². The van der Waals surface area contributed by atoms with Crippen molar-refractivity contribution in [2.24, 2.45) is 13.0 Å². The quantitative estimate of drug-likeness (QED) is 0.273. The first-order valence-corrected chi connectivity index (χ1v) is 16.1. The van der Waals surface area contributed by atoms with Crippen molar-refractivity contribution in [2.45, 2.75) is 37.6 Å². The Morgan fingerprint density at radius 1 is 1.07 bits per heavy atom. The van der Waals surface area contributed by atoms with Gasteiger partial charge >= 0.3 is 0 Å². The largest absolute Gasteiger partial charge is 0.486 e. The number of aryl methyl sites for hydroxylation is 1. The molecule has 1 amide bonds. The molecule has 0 saturated carbocycles. The summed E-state index contributed by atoms with van der Waals surface area (Å²) < 4.78 is 37.1. The number of imidazole rings is 1. The molecule has 2 heterocycles. The van der Waals surface area contributed by atoms with E-state index < -0.39 is 22.2 Å². The minimum absolute atomic E-state index is 0.135. The van der Waals surface area contributed by atoms with Gasteiger partial charge in [-0.2, -0.15) is 8.42 Å². The first-order chi connectivity index (χ1) is 21.1. The fraction of sp³-hybridized carbons (Fsp3) is 0.333. The van der Waals surface area contributed by atoms with Crippen LogP contribution >= 0.6 is 0 Å². The number of sulfonamides is 1. The maximum Gasteiger partial charge on any atom is 0.281 e. The highest BCUT2D eigenvalue weighted by Crippen LogP contribution is 2.36. The fourth-order valence-electron chi connectivity index (χ4n) is 5.38. The number of carbonyl (C=O) groups excluding carboxylic acids is 1. The van der Waals surface area contributed by atoms with Crippen LogP contribution in [0.25, 0.3) is 11.1 Å². The van der Waals surface area contributed by atoms with E-state index in [2.05, 4.69) is 51.0 Å². The second-order valence-electron chi connectivity index (χ2n) is 11.5. The fourth-order valence-corrected chi connectivity index (χ4v) is 6.43. The van der Waals surface area contributed by atoms with Gasteiger partial charge in [0.25, 0.3) is 15.9 Å². The third-order valence-corrected chi connectivity index (χ3v) is 9.15. The van der Waals surface area contributed by atoms with E-state index in [1.807, 2.05) is 32.2 Å². The number of para-hydroxylation sites is 1. The molecule has 0 radical (unpaired) electrons. The summed E-state index contributed by atoms with van der Waals surface area (Å²) >= 11 is 0. The van der Waals surface area contributed by atoms with Crippen LogP contribution in [0.2, 0.25) is 0 Å². The number of aromatic nitrogens is 2. The Balaban J connectivity index is 1.42. The molecule has 5 rings (SSSR count). The van der Waals surface area contributed by atoms with E-state index in [0.717, 1.165) is 16.7 Å². The lowest BCUT2D eigenvalue weighted by molar-refractivity contribution is 0.0344. The molecule has 2 N–H and O–H groups in total. The van der Waals surface area contributed by atoms with Gasteiger partial charge in [0.2, 0.25) is 0 Å². The standard InChI is InChI=1S/C33H39N5O5S/c1-23-17-38(24(2)21-39)33(40)28-11-8-12-29(35-44(41,42)31-20-37(4)22-34-31)32(28)43-30(23)19-36(3)18-25-13-15-27(16-14-25)26-9-6-5-7-10-26/h5-16,20,22-24,30,35,39H,17-19,21H2,1-4H3/t23-,24-,30-/m1/s1. The van der Waals surface area contributed by atoms with E-state index in [1.54, 1.807) is 41.6 Å². The molecule has 3 aromatic carbocycles. The van der Waals surface area contributed by atoms with Gasteiger partial charge in [-0.25, -0.2) is 4.98 Å². The Morgan fingerprint density at radius 2 is 1.77 bits per heavy atom. The van der Waals surface area contributed by atoms with E-state index >= 15 is 0 Å². The van der Waals surface area contributed by atoms with Crippen molar-refractivity contribution < 1.29 is 23.1 Å². The average Bonchev–Trinajstić information content (AvgIpc) is 3.47. The van der Waals surface area contributed by atoms with Gasteiger partial charge in [0.05, 0.1) is 30.2 Å². The number of anilines is 1. The number of hydrogen-bond acceptors (Lipinski definition) is 7. The Bertz CT molecular complexity index is 1690. The summed E-state index contributed by atoms with van der Waals surface area (Å²) in [5, 5.41) is 9.83. The molecule has 232 valence electrons. The van der Waals surface area contributed by atoms with Crippen LogP contribution in [0.5, 0.6) is 5.75 Å². The van der Waals surface area contributed by atoms with Crippen molar-refractivity contribution in [3.05, 3.63) is 96.4 Å². The molecular weight excluding hydrogens is 578 g/mol. The second-order valence-corrected chi connectivity index (χ2v) is 13.2. The molecule has 10 nitrogen and oxygen atoms in total. The number of carbonyl (C=O) groups is 1. The number of ether oxygens (including phenoxy) is 1. The topological polar surface area (TPSA) is 117 Å². The summed E-state index contributed by atoms with van der Waals surface area (Å²) in [6, 6.07) is 23.1. The lowest BCUT2D eigenvalue weighted by Gasteiger charge is -2.38. The summed E-state index contributed by atoms with van der Waals surface area (Å²) in [6.07, 6.45) is 2.41. The van der Waals surface area contributed by atoms with Crippen LogP contribution in [0.3, 0.4) is 0 Å². The SMILES string of the molecule is C[C@@H]1CN([C@H](C)CO)C(=O)c2cccc(NS(=O)(=O)c3cn(C)cn3)c2O[C@@H]1CN(C)Cc1ccc(-c2ccccc2)cc1. The van der Waals surface area contributed by atoms with Crippen LogP contribution in [0.1, 0.15) is 29.8 Å². The van der Waals surface area contributed by atoms with Gasteiger partial charge in [-0.3, -0.25) is 14.4 Å². The molecule has 0 fully saturated rings. The molecular formula is C33H39N5O5S. The molecule has 11 heteroatoms. The van der Waals surface area contributed by atoms with Crippen LogP contribution in [-0.4, -0.2) is 77.7 Å². The maximum atomic E-state index is 13.8. The van der Waals surface area contributed by atoms with Crippen molar-refractivity contribution in [2.75, 3.05) is 31.5 Å². The smallest absolute Gasteiger partial charge is 0.281 e. The van der Waals surface area contributed by atoms with Crippen molar-refractivity contribution >= 4 is 21.6 Å². The van der Waals surface area contributed by atoms with Gasteiger partial charge in [0.1, 0.15) is 6.10 Å². The molecule has 0 saturated heterocycles. The zero-order valence-corrected chi connectivity index (χ0v) is 26.2. The Labute approximate surface area is 259 Å². The predicted molar refractivity (Wildman–Crippen MR) is 170 cm³/mol. The summed E-state index contributed by atoms with van der Waals surface area (Å²) in [5.41, 5.74) is 3.82. The van der Waals surface area contributed by atoms with Crippen LogP contribution in [0.4, 0.5) is 5.69 Å². The molecule has 1 aliphatic rings. The van der Waals surface area contributed by atoms with Crippen molar-refractivity contribution in [3.8, 4) is 16.9 Å². The highest BCUT2D eigenvalue weighted by atomic mass is 32.2. The zero-order chi connectivity index (χ0) is 31.4. The summed E-state index contributed by atoms with van der Waals surface area (Å²) in [6.45, 7) is 5.14.